The van der Waals surface area contributed by atoms with Crippen LogP contribution in [-0.2, 0) is 4.79 Å². The van der Waals surface area contributed by atoms with Crippen molar-refractivity contribution in [2.75, 3.05) is 19.7 Å². The number of thiazole rings is 1. The minimum atomic E-state index is -0.340. The number of hydrogen-bond donors (Lipinski definition) is 0. The van der Waals surface area contributed by atoms with Gasteiger partial charge in [-0.15, -0.1) is 0 Å². The summed E-state index contributed by atoms with van der Waals surface area (Å²) in [5.74, 6) is 0.180. The van der Waals surface area contributed by atoms with Gasteiger partial charge >= 0.3 is 0 Å². The number of carbonyl (C=O) groups is 1. The summed E-state index contributed by atoms with van der Waals surface area (Å²) < 4.78 is 25.9. The van der Waals surface area contributed by atoms with Crippen molar-refractivity contribution < 1.29 is 18.7 Å². The summed E-state index contributed by atoms with van der Waals surface area (Å²) in [6, 6.07) is 8.41. The molecule has 6 nitrogen and oxygen atoms in total. The zero-order valence-electron chi connectivity index (χ0n) is 14.5. The average Bonchev–Trinajstić information content (AvgIpc) is 3.11. The molecule has 0 bridgehead atoms. The maximum atomic E-state index is 13.7. The Morgan fingerprint density at radius 1 is 1.26 bits per heavy atom. The van der Waals surface area contributed by atoms with Gasteiger partial charge in [-0.1, -0.05) is 17.4 Å². The van der Waals surface area contributed by atoms with E-state index in [1.54, 1.807) is 35.5 Å². The first-order valence-electron chi connectivity index (χ1n) is 8.71. The number of nitrogens with zero attached hydrogens (tertiary/aromatic N) is 3. The molecule has 0 radical (unpaired) electrons. The number of carbonyl (C=O) groups excluding carboxylic acids is 1. The fraction of sp³-hybridized carbons (Fsp3) is 0.316. The minimum absolute atomic E-state index is 0.00559. The van der Waals surface area contributed by atoms with Gasteiger partial charge in [0.1, 0.15) is 23.2 Å². The molecule has 0 spiro atoms. The smallest absolute Gasteiger partial charge is 0.274 e. The fourth-order valence-electron chi connectivity index (χ4n) is 2.98. The van der Waals surface area contributed by atoms with Crippen LogP contribution in [-0.4, -0.2) is 46.6 Å². The highest BCUT2D eigenvalue weighted by Gasteiger charge is 2.25. The molecule has 1 saturated heterocycles. The van der Waals surface area contributed by atoms with E-state index in [1.807, 2.05) is 6.07 Å². The van der Waals surface area contributed by atoms with Gasteiger partial charge < -0.3 is 14.4 Å². The number of aromatic nitrogens is 2. The van der Waals surface area contributed by atoms with Crippen LogP contribution in [0.5, 0.6) is 10.9 Å². The van der Waals surface area contributed by atoms with E-state index in [0.717, 1.165) is 4.70 Å². The molecule has 4 rings (SSSR count). The highest BCUT2D eigenvalue weighted by Crippen LogP contribution is 2.31. The largest absolute Gasteiger partial charge is 0.482 e. The molecule has 0 atom stereocenters. The first-order valence-corrected chi connectivity index (χ1v) is 9.53. The number of likely N-dealkylation sites (tertiary alicyclic amines) is 1. The number of ether oxygens (including phenoxy) is 2. The van der Waals surface area contributed by atoms with E-state index in [0.29, 0.717) is 42.4 Å². The summed E-state index contributed by atoms with van der Waals surface area (Å²) in [6.45, 7) is 1.19. The Balaban J connectivity index is 1.28. The van der Waals surface area contributed by atoms with Crippen molar-refractivity contribution in [1.82, 2.24) is 14.9 Å². The number of amides is 1. The quantitative estimate of drug-likeness (QED) is 0.672. The lowest BCUT2D eigenvalue weighted by atomic mass is 10.1. The zero-order valence-corrected chi connectivity index (χ0v) is 15.3. The van der Waals surface area contributed by atoms with E-state index in [9.17, 15) is 9.18 Å². The van der Waals surface area contributed by atoms with E-state index in [2.05, 4.69) is 9.97 Å². The molecule has 1 aromatic carbocycles. The Hall–Kier alpha value is -2.74. The SMILES string of the molecule is O=C(COc1cccnc1)N1CCC(Oc2nc3c(F)cccc3s2)CC1. The van der Waals surface area contributed by atoms with Crippen LogP contribution < -0.4 is 9.47 Å². The van der Waals surface area contributed by atoms with Crippen molar-refractivity contribution in [2.24, 2.45) is 0 Å². The lowest BCUT2D eigenvalue weighted by molar-refractivity contribution is -0.135. The Kier molecular flexibility index (Phi) is 5.15. The molecular formula is C19H18FN3O3S. The average molecular weight is 387 g/mol. The number of benzene rings is 1. The number of pyridine rings is 1. The highest BCUT2D eigenvalue weighted by molar-refractivity contribution is 7.20. The molecule has 1 aliphatic heterocycles. The second kappa shape index (κ2) is 7.87. The normalized spacial score (nSPS) is 15.1. The molecule has 0 unspecified atom stereocenters. The van der Waals surface area contributed by atoms with Crippen molar-refractivity contribution in [3.63, 3.8) is 0 Å². The fourth-order valence-corrected chi connectivity index (χ4v) is 3.88. The first kappa shape index (κ1) is 17.7. The predicted octanol–water partition coefficient (Wildman–Crippen LogP) is 3.28. The number of piperidine rings is 1. The van der Waals surface area contributed by atoms with Gasteiger partial charge in [0.25, 0.3) is 11.1 Å². The van der Waals surface area contributed by atoms with Crippen LogP contribution in [0.1, 0.15) is 12.8 Å². The number of fused-ring (bicyclic) bond motifs is 1. The molecule has 3 heterocycles. The van der Waals surface area contributed by atoms with Crippen LogP contribution >= 0.6 is 11.3 Å². The Morgan fingerprint density at radius 2 is 2.11 bits per heavy atom. The van der Waals surface area contributed by atoms with E-state index >= 15 is 0 Å². The molecule has 1 aliphatic rings. The number of hydrogen-bond acceptors (Lipinski definition) is 6. The summed E-state index contributed by atoms with van der Waals surface area (Å²) >= 11 is 1.34. The van der Waals surface area contributed by atoms with Crippen LogP contribution in [0.2, 0.25) is 0 Å². The predicted molar refractivity (Wildman–Crippen MR) is 99.5 cm³/mol. The second-order valence-corrected chi connectivity index (χ2v) is 7.23. The van der Waals surface area contributed by atoms with Crippen molar-refractivity contribution in [1.29, 1.82) is 0 Å². The summed E-state index contributed by atoms with van der Waals surface area (Å²) in [5, 5.41) is 0.472. The van der Waals surface area contributed by atoms with Gasteiger partial charge in [-0.25, -0.2) is 4.39 Å². The van der Waals surface area contributed by atoms with E-state index in [1.165, 1.54) is 17.4 Å². The van der Waals surface area contributed by atoms with Crippen molar-refractivity contribution in [2.45, 2.75) is 18.9 Å². The van der Waals surface area contributed by atoms with Gasteiger partial charge in [-0.05, 0) is 24.3 Å². The van der Waals surface area contributed by atoms with Gasteiger partial charge in [-0.3, -0.25) is 9.78 Å². The molecule has 0 saturated carbocycles. The topological polar surface area (TPSA) is 64.5 Å². The first-order chi connectivity index (χ1) is 13.2. The second-order valence-electron chi connectivity index (χ2n) is 6.24. The minimum Gasteiger partial charge on any atom is -0.482 e. The Bertz CT molecular complexity index is 926. The molecule has 27 heavy (non-hydrogen) atoms. The lowest BCUT2D eigenvalue weighted by Gasteiger charge is -2.31. The monoisotopic (exact) mass is 387 g/mol. The third-order valence-corrected chi connectivity index (χ3v) is 5.32. The van der Waals surface area contributed by atoms with Crippen molar-refractivity contribution >= 4 is 27.5 Å². The summed E-state index contributed by atoms with van der Waals surface area (Å²) in [6.07, 6.45) is 4.61. The van der Waals surface area contributed by atoms with Gasteiger partial charge in [0.2, 0.25) is 0 Å². The molecule has 1 amide bonds. The highest BCUT2D eigenvalue weighted by atomic mass is 32.1. The van der Waals surface area contributed by atoms with Crippen molar-refractivity contribution in [3.8, 4) is 10.9 Å². The lowest BCUT2D eigenvalue weighted by Crippen LogP contribution is -2.43. The van der Waals surface area contributed by atoms with Crippen LogP contribution in [0.3, 0.4) is 0 Å². The summed E-state index contributed by atoms with van der Waals surface area (Å²) in [4.78, 5) is 22.2. The van der Waals surface area contributed by atoms with Crippen LogP contribution in [0.15, 0.2) is 42.7 Å². The van der Waals surface area contributed by atoms with Gasteiger partial charge in [0.05, 0.1) is 10.9 Å². The van der Waals surface area contributed by atoms with Crippen LogP contribution in [0.4, 0.5) is 4.39 Å². The molecule has 1 fully saturated rings. The van der Waals surface area contributed by atoms with Crippen molar-refractivity contribution in [3.05, 3.63) is 48.5 Å². The third kappa shape index (κ3) is 4.16. The molecule has 140 valence electrons. The van der Waals surface area contributed by atoms with E-state index in [-0.39, 0.29) is 24.4 Å². The summed E-state index contributed by atoms with van der Waals surface area (Å²) in [5.41, 5.74) is 0.345. The summed E-state index contributed by atoms with van der Waals surface area (Å²) in [7, 11) is 0. The number of rotatable bonds is 5. The number of halogens is 1. The maximum Gasteiger partial charge on any atom is 0.274 e. The Labute approximate surface area is 159 Å². The molecule has 0 N–H and O–H groups in total. The Morgan fingerprint density at radius 3 is 2.85 bits per heavy atom. The van der Waals surface area contributed by atoms with E-state index in [4.69, 9.17) is 9.47 Å². The maximum absolute atomic E-state index is 13.7. The third-order valence-electron chi connectivity index (χ3n) is 4.41. The van der Waals surface area contributed by atoms with E-state index < -0.39 is 0 Å². The molecule has 8 heteroatoms. The zero-order chi connectivity index (χ0) is 18.6. The standard InChI is InChI=1S/C19H18FN3O3S/c20-15-4-1-5-16-18(15)22-19(27-16)26-13-6-9-23(10-7-13)17(24)12-25-14-3-2-8-21-11-14/h1-5,8,11,13H,6-7,9-10,12H2. The van der Waals surface area contributed by atoms with Gasteiger partial charge in [0, 0.05) is 32.1 Å². The number of para-hydroxylation sites is 1. The molecular weight excluding hydrogens is 369 g/mol. The molecule has 2 aromatic heterocycles. The van der Waals surface area contributed by atoms with Gasteiger partial charge in [0.15, 0.2) is 6.61 Å². The van der Waals surface area contributed by atoms with Crippen LogP contribution in [0.25, 0.3) is 10.2 Å². The molecule has 0 aliphatic carbocycles. The van der Waals surface area contributed by atoms with Crippen LogP contribution in [0, 0.1) is 5.82 Å². The van der Waals surface area contributed by atoms with Gasteiger partial charge in [-0.2, -0.15) is 4.98 Å². The molecule has 3 aromatic rings.